The Morgan fingerprint density at radius 1 is 1.04 bits per heavy atom. The number of hydrogen-bond donors (Lipinski definition) is 1. The third-order valence-corrected chi connectivity index (χ3v) is 11.4. The molecule has 3 aliphatic rings. The van der Waals surface area contributed by atoms with E-state index in [0.29, 0.717) is 46.3 Å². The number of nitrogens with one attached hydrogen (secondary N) is 1. The number of ether oxygens (including phenoxy) is 3. The number of carbonyl (C=O) groups excluding carboxylic acids is 1. The molecule has 47 heavy (non-hydrogen) atoms. The Hall–Kier alpha value is -2.20. The van der Waals surface area contributed by atoms with Gasteiger partial charge in [0, 0.05) is 23.7 Å². The molecule has 6 rings (SSSR count). The quantitative estimate of drug-likeness (QED) is 0.180. The SMILES string of the molecule is Cc1nc(-c2ccc(Cl)cc2Cl)sc1C(=O)NCCCCN1CCC(c2ccc3c(c2OCCOC2CCCCO2)CCCC3)CC1. The van der Waals surface area contributed by atoms with Gasteiger partial charge in [0.05, 0.1) is 17.3 Å². The van der Waals surface area contributed by atoms with Gasteiger partial charge in [-0.05, 0) is 138 Å². The van der Waals surface area contributed by atoms with E-state index >= 15 is 0 Å². The average molecular weight is 701 g/mol. The van der Waals surface area contributed by atoms with Crippen LogP contribution in [0, 0.1) is 6.92 Å². The Labute approximate surface area is 293 Å². The largest absolute Gasteiger partial charge is 0.491 e. The highest BCUT2D eigenvalue weighted by molar-refractivity contribution is 7.17. The monoisotopic (exact) mass is 699 g/mol. The molecule has 7 nitrogen and oxygen atoms in total. The minimum absolute atomic E-state index is 0.0749. The Bertz CT molecular complexity index is 1500. The third-order valence-electron chi connectivity index (χ3n) is 9.66. The van der Waals surface area contributed by atoms with Crippen molar-refractivity contribution in [1.82, 2.24) is 15.2 Å². The molecule has 10 heteroatoms. The predicted molar refractivity (Wildman–Crippen MR) is 190 cm³/mol. The van der Waals surface area contributed by atoms with Gasteiger partial charge >= 0.3 is 0 Å². The maximum Gasteiger partial charge on any atom is 0.263 e. The lowest BCUT2D eigenvalue weighted by atomic mass is 9.83. The van der Waals surface area contributed by atoms with E-state index in [1.165, 1.54) is 47.3 Å². The maximum absolute atomic E-state index is 12.9. The molecule has 1 aromatic heterocycles. The standard InChI is InChI=1S/C37H47Cl2N3O4S/c1-25-35(47-37(41-25)31-14-12-28(38)24-32(31)39)36(43)40-17-5-6-18-42-19-15-27(16-20-42)30-13-11-26-8-2-3-9-29(26)34(30)46-23-22-45-33-10-4-7-21-44-33/h11-14,24,27,33H,2-10,15-23H2,1H3,(H,40,43). The molecule has 1 aliphatic carbocycles. The number of halogens is 2. The maximum atomic E-state index is 12.9. The number of fused-ring (bicyclic) bond motifs is 1. The van der Waals surface area contributed by atoms with Gasteiger partial charge in [0.1, 0.15) is 22.2 Å². The summed E-state index contributed by atoms with van der Waals surface area (Å²) in [6.45, 7) is 7.68. The van der Waals surface area contributed by atoms with E-state index in [1.54, 1.807) is 12.1 Å². The zero-order valence-corrected chi connectivity index (χ0v) is 29.8. The van der Waals surface area contributed by atoms with E-state index in [1.807, 2.05) is 13.0 Å². The van der Waals surface area contributed by atoms with Crippen molar-refractivity contribution in [3.05, 3.63) is 67.6 Å². The van der Waals surface area contributed by atoms with Gasteiger partial charge in [-0.25, -0.2) is 4.98 Å². The number of likely N-dealkylation sites (tertiary alicyclic amines) is 1. The number of unbranched alkanes of at least 4 members (excludes halogenated alkanes) is 1. The molecule has 0 spiro atoms. The normalized spacial score (nSPS) is 19.0. The number of nitrogens with zero attached hydrogens (tertiary/aromatic N) is 2. The third kappa shape index (κ3) is 9.08. The topological polar surface area (TPSA) is 72.9 Å². The van der Waals surface area contributed by atoms with Crippen molar-refractivity contribution in [2.24, 2.45) is 0 Å². The van der Waals surface area contributed by atoms with E-state index in [4.69, 9.17) is 37.4 Å². The summed E-state index contributed by atoms with van der Waals surface area (Å²) in [5.41, 5.74) is 5.80. The molecule has 3 aromatic rings. The summed E-state index contributed by atoms with van der Waals surface area (Å²) in [6.07, 6.45) is 12.3. The highest BCUT2D eigenvalue weighted by Crippen LogP contribution is 2.40. The molecule has 1 unspecified atom stereocenters. The predicted octanol–water partition coefficient (Wildman–Crippen LogP) is 8.62. The van der Waals surface area contributed by atoms with Crippen LogP contribution < -0.4 is 10.1 Å². The van der Waals surface area contributed by atoms with Gasteiger partial charge in [-0.1, -0.05) is 35.3 Å². The van der Waals surface area contributed by atoms with Crippen LogP contribution in [0.1, 0.15) is 95.8 Å². The number of carbonyl (C=O) groups is 1. The molecular weight excluding hydrogens is 653 g/mol. The summed E-state index contributed by atoms with van der Waals surface area (Å²) in [5.74, 6) is 1.59. The summed E-state index contributed by atoms with van der Waals surface area (Å²) in [4.78, 5) is 20.7. The van der Waals surface area contributed by atoms with Gasteiger partial charge in [-0.15, -0.1) is 11.3 Å². The van der Waals surface area contributed by atoms with Crippen LogP contribution in [0.5, 0.6) is 5.75 Å². The number of rotatable bonds is 13. The van der Waals surface area contributed by atoms with Gasteiger partial charge in [0.15, 0.2) is 6.29 Å². The molecule has 1 amide bonds. The lowest BCUT2D eigenvalue weighted by Crippen LogP contribution is -2.34. The molecule has 1 N–H and O–H groups in total. The van der Waals surface area contributed by atoms with Crippen LogP contribution in [0.4, 0.5) is 0 Å². The molecule has 3 heterocycles. The first-order valence-electron chi connectivity index (χ1n) is 17.4. The van der Waals surface area contributed by atoms with Crippen molar-refractivity contribution in [3.8, 4) is 16.3 Å². The highest BCUT2D eigenvalue weighted by Gasteiger charge is 2.27. The fourth-order valence-corrected chi connectivity index (χ4v) is 8.64. The summed E-state index contributed by atoms with van der Waals surface area (Å²) in [7, 11) is 0. The molecule has 1 atom stereocenters. The zero-order valence-electron chi connectivity index (χ0n) is 27.5. The number of thiazole rings is 1. The van der Waals surface area contributed by atoms with Crippen molar-refractivity contribution in [2.75, 3.05) is 46.0 Å². The molecule has 2 fully saturated rings. The van der Waals surface area contributed by atoms with Crippen molar-refractivity contribution in [1.29, 1.82) is 0 Å². The van der Waals surface area contributed by atoms with Crippen LogP contribution in [0.3, 0.4) is 0 Å². The summed E-state index contributed by atoms with van der Waals surface area (Å²) in [5, 5.41) is 4.93. The molecule has 2 aromatic carbocycles. The Balaban J connectivity index is 0.944. The molecular formula is C37H47Cl2N3O4S. The summed E-state index contributed by atoms with van der Waals surface area (Å²) >= 11 is 13.8. The van der Waals surface area contributed by atoms with Crippen LogP contribution in [0.15, 0.2) is 30.3 Å². The number of amides is 1. The van der Waals surface area contributed by atoms with Gasteiger partial charge in [-0.3, -0.25) is 4.79 Å². The number of aryl methyl sites for hydroxylation is 2. The second-order valence-corrected chi connectivity index (χ2v) is 14.8. The first kappa shape index (κ1) is 34.7. The van der Waals surface area contributed by atoms with E-state index in [2.05, 4.69) is 27.3 Å². The smallest absolute Gasteiger partial charge is 0.263 e. The number of piperidine rings is 1. The van der Waals surface area contributed by atoms with Gasteiger partial charge in [0.25, 0.3) is 5.91 Å². The zero-order chi connectivity index (χ0) is 32.6. The fourth-order valence-electron chi connectivity index (χ4n) is 7.07. The molecule has 0 radical (unpaired) electrons. The molecule has 254 valence electrons. The first-order valence-corrected chi connectivity index (χ1v) is 19.0. The van der Waals surface area contributed by atoms with E-state index in [0.717, 1.165) is 93.9 Å². The van der Waals surface area contributed by atoms with Crippen LogP contribution in [0.2, 0.25) is 10.0 Å². The highest BCUT2D eigenvalue weighted by atomic mass is 35.5. The van der Waals surface area contributed by atoms with Gasteiger partial charge in [0.2, 0.25) is 0 Å². The number of hydrogen-bond acceptors (Lipinski definition) is 7. The molecule has 0 bridgehead atoms. The first-order chi connectivity index (χ1) is 23.0. The lowest BCUT2D eigenvalue weighted by Gasteiger charge is -2.34. The summed E-state index contributed by atoms with van der Waals surface area (Å²) < 4.78 is 18.3. The summed E-state index contributed by atoms with van der Waals surface area (Å²) in [6, 6.07) is 10.0. The van der Waals surface area contributed by atoms with Gasteiger partial charge < -0.3 is 24.4 Å². The second-order valence-electron chi connectivity index (χ2n) is 13.0. The van der Waals surface area contributed by atoms with E-state index < -0.39 is 0 Å². The Kier molecular flexibility index (Phi) is 12.5. The average Bonchev–Trinajstić information content (AvgIpc) is 3.48. The van der Waals surface area contributed by atoms with Crippen molar-refractivity contribution < 1.29 is 19.0 Å². The molecule has 0 saturated carbocycles. The van der Waals surface area contributed by atoms with E-state index in [9.17, 15) is 4.79 Å². The van der Waals surface area contributed by atoms with Crippen LogP contribution in [0.25, 0.3) is 10.6 Å². The van der Waals surface area contributed by atoms with E-state index in [-0.39, 0.29) is 12.2 Å². The molecule has 2 aliphatic heterocycles. The van der Waals surface area contributed by atoms with Crippen LogP contribution in [-0.2, 0) is 22.3 Å². The van der Waals surface area contributed by atoms with Crippen LogP contribution >= 0.6 is 34.5 Å². The Morgan fingerprint density at radius 2 is 1.89 bits per heavy atom. The minimum Gasteiger partial charge on any atom is -0.491 e. The van der Waals surface area contributed by atoms with Crippen molar-refractivity contribution in [2.45, 2.75) is 89.8 Å². The number of aromatic nitrogens is 1. The van der Waals surface area contributed by atoms with Crippen molar-refractivity contribution in [3.63, 3.8) is 0 Å². The number of benzene rings is 2. The van der Waals surface area contributed by atoms with Crippen LogP contribution in [-0.4, -0.2) is 68.1 Å². The van der Waals surface area contributed by atoms with Crippen molar-refractivity contribution >= 4 is 40.4 Å². The Morgan fingerprint density at radius 3 is 2.70 bits per heavy atom. The minimum atomic E-state index is -0.0753. The molecule has 2 saturated heterocycles. The fraction of sp³-hybridized carbons (Fsp3) is 0.568. The second kappa shape index (κ2) is 17.0. The van der Waals surface area contributed by atoms with Gasteiger partial charge in [-0.2, -0.15) is 0 Å². The lowest BCUT2D eigenvalue weighted by molar-refractivity contribution is -0.165.